The number of hydrogen-bond donors (Lipinski definition) is 0. The Labute approximate surface area is 297 Å². The predicted molar refractivity (Wildman–Crippen MR) is 190 cm³/mol. The molecule has 6 rings (SSSR count). The van der Waals surface area contributed by atoms with Gasteiger partial charge in [-0.25, -0.2) is 0 Å². The molecule has 3 aromatic rings. The van der Waals surface area contributed by atoms with Crippen molar-refractivity contribution in [2.24, 2.45) is 17.8 Å². The summed E-state index contributed by atoms with van der Waals surface area (Å²) in [4.78, 5) is 54.3. The van der Waals surface area contributed by atoms with Crippen LogP contribution >= 0.6 is 0 Å². The molecule has 1 aliphatic carbocycles. The van der Waals surface area contributed by atoms with Gasteiger partial charge >= 0.3 is 29.0 Å². The van der Waals surface area contributed by atoms with Gasteiger partial charge in [-0.05, 0) is 70.9 Å². The zero-order valence-corrected chi connectivity index (χ0v) is 30.3. The molecule has 0 amide bonds. The van der Waals surface area contributed by atoms with E-state index in [1.807, 2.05) is 58.1 Å². The van der Waals surface area contributed by atoms with Crippen LogP contribution in [0, 0.1) is 38.5 Å². The maximum atomic E-state index is 13.9. The van der Waals surface area contributed by atoms with Crippen molar-refractivity contribution in [3.8, 4) is 0 Å². The molecule has 0 aromatic carbocycles. The number of allylic oxidation sites excluding steroid dienone is 4. The van der Waals surface area contributed by atoms with Gasteiger partial charge < -0.3 is 29.8 Å². The third-order valence-electron chi connectivity index (χ3n) is 9.88. The molecular weight excluding hydrogens is 613 g/mol. The van der Waals surface area contributed by atoms with E-state index >= 15 is 0 Å². The molecule has 3 atom stereocenters. The van der Waals surface area contributed by atoms with Crippen molar-refractivity contribution in [1.82, 2.24) is 15.0 Å². The average molecular weight is 653 g/mol. The van der Waals surface area contributed by atoms with Gasteiger partial charge in [0, 0.05) is 12.0 Å². The largest absolute Gasteiger partial charge is 2.00 e. The molecule has 0 radical (unpaired) electrons. The first-order valence-corrected chi connectivity index (χ1v) is 16.3. The maximum Gasteiger partial charge on any atom is 2.00 e. The van der Waals surface area contributed by atoms with Crippen molar-refractivity contribution in [3.05, 3.63) is 102 Å². The van der Waals surface area contributed by atoms with E-state index in [9.17, 15) is 14.4 Å². The number of esters is 1. The first kappa shape index (κ1) is 35.2. The molecule has 8 nitrogen and oxygen atoms in total. The second-order valence-corrected chi connectivity index (χ2v) is 13.0. The minimum Gasteiger partial charge on any atom is -0.664 e. The van der Waals surface area contributed by atoms with Crippen LogP contribution in [-0.2, 0) is 20.7 Å². The Balaban J connectivity index is 0.00000451. The van der Waals surface area contributed by atoms with Gasteiger partial charge in [0.2, 0.25) is 0 Å². The number of carbonyl (C=O) groups excluding carboxylic acids is 3. The number of carbonyl (C=O) groups is 3. The first-order valence-electron chi connectivity index (χ1n) is 16.3. The summed E-state index contributed by atoms with van der Waals surface area (Å²) >= 11 is 0. The maximum absolute atomic E-state index is 13.9. The van der Waals surface area contributed by atoms with Crippen molar-refractivity contribution in [3.63, 3.8) is 0 Å². The van der Waals surface area contributed by atoms with Crippen LogP contribution in [0.2, 0.25) is 0 Å². The minimum absolute atomic E-state index is 0. The molecule has 0 spiro atoms. The Morgan fingerprint density at radius 3 is 2.35 bits per heavy atom. The Morgan fingerprint density at radius 1 is 0.979 bits per heavy atom. The van der Waals surface area contributed by atoms with Crippen molar-refractivity contribution < 1.29 is 19.1 Å². The zero-order valence-electron chi connectivity index (χ0n) is 28.9. The molecule has 3 aliphatic rings. The molecular formula is C39H40MgN4O4-2. The third kappa shape index (κ3) is 5.92. The number of Topliss-reactive ketones (excluding diaryl/α,β-unsaturated/α-hetero) is 1. The fraction of sp³-hybridized carbons (Fsp3) is 0.359. The fourth-order valence-corrected chi connectivity index (χ4v) is 7.12. The molecule has 0 saturated carbocycles. The fourth-order valence-electron chi connectivity index (χ4n) is 7.12. The van der Waals surface area contributed by atoms with E-state index in [2.05, 4.69) is 27.4 Å². The summed E-state index contributed by atoms with van der Waals surface area (Å²) in [5, 5.41) is 6.76. The summed E-state index contributed by atoms with van der Waals surface area (Å²) in [6.07, 6.45) is 11.7. The van der Waals surface area contributed by atoms with Crippen LogP contribution < -0.4 is 25.7 Å². The molecule has 3 aromatic heterocycles. The minimum atomic E-state index is -1.01. The van der Waals surface area contributed by atoms with E-state index in [-0.39, 0.29) is 59.7 Å². The molecule has 244 valence electrons. The van der Waals surface area contributed by atoms with Crippen molar-refractivity contribution >= 4 is 71.0 Å². The Morgan fingerprint density at radius 2 is 1.69 bits per heavy atom. The van der Waals surface area contributed by atoms with E-state index in [0.717, 1.165) is 67.6 Å². The van der Waals surface area contributed by atoms with Crippen molar-refractivity contribution in [2.75, 3.05) is 6.61 Å². The first-order chi connectivity index (χ1) is 22.5. The Kier molecular flexibility index (Phi) is 10.1. The van der Waals surface area contributed by atoms with Crippen LogP contribution in [0.5, 0.6) is 0 Å². The van der Waals surface area contributed by atoms with E-state index < -0.39 is 5.92 Å². The number of rotatable bonds is 8. The molecule has 1 fully saturated rings. The zero-order chi connectivity index (χ0) is 33.7. The van der Waals surface area contributed by atoms with Crippen LogP contribution in [-0.4, -0.2) is 47.7 Å². The molecule has 0 N–H and O–H groups in total. The molecule has 0 unspecified atom stereocenters. The van der Waals surface area contributed by atoms with E-state index in [4.69, 9.17) is 25.0 Å². The number of hydrogen-bond acceptors (Lipinski definition) is 4. The molecule has 8 bridgehead atoms. The number of aldehydes is 1. The standard InChI is InChI=1S/C39H41N4O4.Mg/c1-9-24-20(5)28-15-30-22(7)26(11-12-34(45)47-14-13-19(3)4)37(42-30)36-27(18-44)39(46)35-23(8)31(43-38(35)36)17-33-25(10-2)21(6)29(41-33)16-32(24)40-28;/h9,13,15-18,22,26-27H,1,10-12,14H2,2-8H3,(H-,42,43,46);/q-3;+2/p-1/b29-16-,30-15-,33-17-;/t22-,26-,27+;/m0./s1. The molecule has 5 heterocycles. The van der Waals surface area contributed by atoms with E-state index in [1.54, 1.807) is 0 Å². The van der Waals surface area contributed by atoms with Crippen LogP contribution in [0.25, 0.3) is 35.2 Å². The smallest absolute Gasteiger partial charge is 0.664 e. The Bertz CT molecular complexity index is 2060. The third-order valence-corrected chi connectivity index (χ3v) is 9.88. The van der Waals surface area contributed by atoms with Crippen molar-refractivity contribution in [2.45, 2.75) is 67.7 Å². The summed E-state index contributed by atoms with van der Waals surface area (Å²) in [6.45, 7) is 18.3. The number of ether oxygens (including phenoxy) is 1. The summed E-state index contributed by atoms with van der Waals surface area (Å²) in [6, 6.07) is 0. The van der Waals surface area contributed by atoms with Gasteiger partial charge in [-0.2, -0.15) is 11.4 Å². The van der Waals surface area contributed by atoms with Gasteiger partial charge in [-0.3, -0.25) is 9.59 Å². The van der Waals surface area contributed by atoms with Gasteiger partial charge in [-0.1, -0.05) is 78.1 Å². The van der Waals surface area contributed by atoms with Gasteiger partial charge in [0.05, 0.1) is 0 Å². The molecule has 48 heavy (non-hydrogen) atoms. The van der Waals surface area contributed by atoms with Crippen LogP contribution in [0.1, 0.15) is 101 Å². The van der Waals surface area contributed by atoms with Crippen molar-refractivity contribution in [1.29, 1.82) is 0 Å². The molecule has 1 saturated heterocycles. The summed E-state index contributed by atoms with van der Waals surface area (Å²) in [5.41, 5.74) is 10.9. The monoisotopic (exact) mass is 652 g/mol. The van der Waals surface area contributed by atoms with Crippen LogP contribution in [0.4, 0.5) is 0 Å². The number of fused-ring (bicyclic) bond motifs is 7. The van der Waals surface area contributed by atoms with Gasteiger partial charge in [-0.15, -0.1) is 33.5 Å². The number of ketones is 1. The van der Waals surface area contributed by atoms with Gasteiger partial charge in [0.1, 0.15) is 18.8 Å². The number of nitrogens with zero attached hydrogens (tertiary/aromatic N) is 4. The second-order valence-electron chi connectivity index (χ2n) is 13.0. The number of aromatic nitrogens is 3. The van der Waals surface area contributed by atoms with E-state index in [1.165, 1.54) is 0 Å². The normalized spacial score (nSPS) is 23.1. The average Bonchev–Trinajstić information content (AvgIpc) is 3.76. The molecule has 2 aliphatic heterocycles. The Hall–Kier alpha value is -4.08. The predicted octanol–water partition coefficient (Wildman–Crippen LogP) is 4.97. The quantitative estimate of drug-likeness (QED) is 0.111. The second kappa shape index (κ2) is 13.8. The topological polar surface area (TPSA) is 117 Å². The van der Waals surface area contributed by atoms with Gasteiger partial charge in [0.25, 0.3) is 0 Å². The van der Waals surface area contributed by atoms with Gasteiger partial charge in [0.15, 0.2) is 5.78 Å². The van der Waals surface area contributed by atoms with Crippen LogP contribution in [0.15, 0.2) is 29.6 Å². The van der Waals surface area contributed by atoms with Crippen LogP contribution in [0.3, 0.4) is 0 Å². The SMILES string of the molecule is C=Cc1c2[n-]c(c1C)/C=C1\[N-]/C(=C3\c4[n-]c(c(C)c4C(=O)[C@@H]3C=O)/C=c3\[n-]/c(c(C)c3CC)=C\2)[C@@H](CCC(=O)OCC=C(C)C)[C@@H]1C.[Mg+2]. The summed E-state index contributed by atoms with van der Waals surface area (Å²) < 4.78 is 5.46. The molecule has 9 heteroatoms. The van der Waals surface area contributed by atoms with E-state index in [0.29, 0.717) is 40.9 Å². The summed E-state index contributed by atoms with van der Waals surface area (Å²) in [7, 11) is 0. The summed E-state index contributed by atoms with van der Waals surface area (Å²) in [5.74, 6) is -1.97.